The Morgan fingerprint density at radius 3 is 2.33 bits per heavy atom. The SMILES string of the molecule is COC(=O)C1(C(=O)OC)Cc2csc(=S)cc2C1. The molecule has 0 aromatic carbocycles. The van der Waals surface area contributed by atoms with Crippen LogP contribution in [0.4, 0.5) is 0 Å². The first-order valence-corrected chi connectivity index (χ1v) is 6.60. The molecule has 0 radical (unpaired) electrons. The zero-order valence-corrected chi connectivity index (χ0v) is 11.7. The summed E-state index contributed by atoms with van der Waals surface area (Å²) in [6.45, 7) is 0. The average molecular weight is 284 g/mol. The summed E-state index contributed by atoms with van der Waals surface area (Å²) < 4.78 is 10.3. The van der Waals surface area contributed by atoms with Gasteiger partial charge in [0.25, 0.3) is 0 Å². The maximum absolute atomic E-state index is 11.9. The van der Waals surface area contributed by atoms with E-state index in [-0.39, 0.29) is 0 Å². The van der Waals surface area contributed by atoms with E-state index in [4.69, 9.17) is 21.7 Å². The van der Waals surface area contributed by atoms with Crippen LogP contribution in [0.2, 0.25) is 0 Å². The lowest BCUT2D eigenvalue weighted by Crippen LogP contribution is -2.42. The fourth-order valence-corrected chi connectivity index (χ4v) is 3.26. The molecule has 0 atom stereocenters. The number of fused-ring (bicyclic) bond motifs is 1. The third-order valence-electron chi connectivity index (χ3n) is 3.16. The summed E-state index contributed by atoms with van der Waals surface area (Å²) in [7, 11) is 2.55. The van der Waals surface area contributed by atoms with Gasteiger partial charge in [0.2, 0.25) is 0 Å². The molecule has 0 N–H and O–H groups in total. The van der Waals surface area contributed by atoms with Gasteiger partial charge in [-0.3, -0.25) is 9.59 Å². The molecule has 96 valence electrons. The highest BCUT2D eigenvalue weighted by molar-refractivity contribution is 7.73. The summed E-state index contributed by atoms with van der Waals surface area (Å²) in [5.41, 5.74) is 0.640. The number of rotatable bonds is 2. The Hall–Kier alpha value is -1.27. The van der Waals surface area contributed by atoms with Crippen molar-refractivity contribution in [3.05, 3.63) is 26.4 Å². The summed E-state index contributed by atoms with van der Waals surface area (Å²) in [6.07, 6.45) is 0.604. The number of esters is 2. The van der Waals surface area contributed by atoms with Crippen LogP contribution in [0.5, 0.6) is 0 Å². The second-order valence-electron chi connectivity index (χ2n) is 4.17. The molecule has 1 heterocycles. The van der Waals surface area contributed by atoms with E-state index in [1.54, 1.807) is 0 Å². The molecule has 2 rings (SSSR count). The van der Waals surface area contributed by atoms with Crippen LogP contribution in [-0.2, 0) is 31.9 Å². The second kappa shape index (κ2) is 4.78. The number of carbonyl (C=O) groups excluding carboxylic acids is 2. The van der Waals surface area contributed by atoms with Gasteiger partial charge in [0.05, 0.1) is 18.0 Å². The number of hydrogen-bond donors (Lipinski definition) is 0. The molecule has 0 unspecified atom stereocenters. The van der Waals surface area contributed by atoms with E-state index in [1.807, 2.05) is 11.4 Å². The standard InChI is InChI=1S/C12H12O4S2/c1-15-10(13)12(11(14)16-2)4-7-3-9(17)18-6-8(7)5-12/h3,6H,4-5H2,1-2H3. The molecule has 0 bridgehead atoms. The van der Waals surface area contributed by atoms with Crippen molar-refractivity contribution in [1.29, 1.82) is 0 Å². The van der Waals surface area contributed by atoms with E-state index in [0.717, 1.165) is 15.0 Å². The first-order chi connectivity index (χ1) is 8.53. The Labute approximate surface area is 114 Å². The lowest BCUT2D eigenvalue weighted by atomic mass is 9.85. The first kappa shape index (κ1) is 13.2. The van der Waals surface area contributed by atoms with E-state index in [9.17, 15) is 9.59 Å². The van der Waals surface area contributed by atoms with Gasteiger partial charge in [-0.2, -0.15) is 0 Å². The number of carbonyl (C=O) groups is 2. The van der Waals surface area contributed by atoms with E-state index in [2.05, 4.69) is 0 Å². The fraction of sp³-hybridized carbons (Fsp3) is 0.417. The summed E-state index contributed by atoms with van der Waals surface area (Å²) in [5, 5.41) is 1.89. The minimum atomic E-state index is -1.25. The first-order valence-electron chi connectivity index (χ1n) is 5.31. The van der Waals surface area contributed by atoms with Crippen molar-refractivity contribution in [3.63, 3.8) is 0 Å². The van der Waals surface area contributed by atoms with Crippen LogP contribution in [0.1, 0.15) is 11.1 Å². The van der Waals surface area contributed by atoms with Crippen LogP contribution in [0.3, 0.4) is 0 Å². The number of hydrogen-bond acceptors (Lipinski definition) is 6. The van der Waals surface area contributed by atoms with Crippen molar-refractivity contribution in [2.75, 3.05) is 14.2 Å². The van der Waals surface area contributed by atoms with Crippen LogP contribution in [0, 0.1) is 9.24 Å². The van der Waals surface area contributed by atoms with Crippen molar-refractivity contribution in [1.82, 2.24) is 0 Å². The van der Waals surface area contributed by atoms with Crippen molar-refractivity contribution < 1.29 is 19.1 Å². The largest absolute Gasteiger partial charge is 0.468 e. The molecule has 1 aliphatic carbocycles. The molecule has 1 aromatic rings. The predicted octanol–water partition coefficient (Wildman–Crippen LogP) is 1.91. The third kappa shape index (κ3) is 1.95. The van der Waals surface area contributed by atoms with E-state index < -0.39 is 17.4 Å². The zero-order chi connectivity index (χ0) is 13.3. The van der Waals surface area contributed by atoms with E-state index >= 15 is 0 Å². The minimum Gasteiger partial charge on any atom is -0.468 e. The highest BCUT2D eigenvalue weighted by Gasteiger charge is 2.52. The lowest BCUT2D eigenvalue weighted by molar-refractivity contribution is -0.168. The normalized spacial score (nSPS) is 15.9. The Balaban J connectivity index is 2.47. The quantitative estimate of drug-likeness (QED) is 0.472. The average Bonchev–Trinajstić information content (AvgIpc) is 2.76. The van der Waals surface area contributed by atoms with Gasteiger partial charge >= 0.3 is 11.9 Å². The third-order valence-corrected chi connectivity index (χ3v) is 4.32. The monoisotopic (exact) mass is 284 g/mol. The van der Waals surface area contributed by atoms with Gasteiger partial charge in [0.1, 0.15) is 0 Å². The highest BCUT2D eigenvalue weighted by atomic mass is 32.1. The van der Waals surface area contributed by atoms with Gasteiger partial charge in [-0.05, 0) is 29.0 Å². The van der Waals surface area contributed by atoms with Crippen molar-refractivity contribution in [2.24, 2.45) is 5.41 Å². The Bertz CT molecular complexity index is 545. The Morgan fingerprint density at radius 1 is 1.22 bits per heavy atom. The summed E-state index contributed by atoms with van der Waals surface area (Å²) in [6, 6.07) is 1.84. The van der Waals surface area contributed by atoms with Gasteiger partial charge in [-0.15, -0.1) is 11.3 Å². The molecule has 18 heavy (non-hydrogen) atoms. The number of methoxy groups -OCH3 is 2. The fourth-order valence-electron chi connectivity index (χ4n) is 2.27. The van der Waals surface area contributed by atoms with Crippen molar-refractivity contribution >= 4 is 35.5 Å². The molecule has 0 fully saturated rings. The maximum Gasteiger partial charge on any atom is 0.323 e. The van der Waals surface area contributed by atoms with Gasteiger partial charge in [0.15, 0.2) is 5.41 Å². The molecule has 0 amide bonds. The summed E-state index contributed by atoms with van der Waals surface area (Å²) in [4.78, 5) is 23.9. The molecule has 6 heteroatoms. The number of ether oxygens (including phenoxy) is 2. The van der Waals surface area contributed by atoms with Crippen LogP contribution in [0.25, 0.3) is 0 Å². The van der Waals surface area contributed by atoms with Crippen LogP contribution in [-0.4, -0.2) is 26.2 Å². The minimum absolute atomic E-state index is 0.291. The molecule has 0 saturated carbocycles. The topological polar surface area (TPSA) is 52.6 Å². The summed E-state index contributed by atoms with van der Waals surface area (Å²) >= 11 is 6.53. The smallest absolute Gasteiger partial charge is 0.323 e. The van der Waals surface area contributed by atoms with E-state index in [0.29, 0.717) is 12.8 Å². The maximum atomic E-state index is 11.9. The molecule has 0 aliphatic heterocycles. The zero-order valence-electron chi connectivity index (χ0n) is 10.0. The molecular weight excluding hydrogens is 272 g/mol. The molecule has 4 nitrogen and oxygen atoms in total. The van der Waals surface area contributed by atoms with Crippen LogP contribution in [0.15, 0.2) is 11.4 Å². The van der Waals surface area contributed by atoms with Gasteiger partial charge < -0.3 is 9.47 Å². The highest BCUT2D eigenvalue weighted by Crippen LogP contribution is 2.39. The van der Waals surface area contributed by atoms with Gasteiger partial charge in [-0.25, -0.2) is 0 Å². The molecule has 0 saturated heterocycles. The molecular formula is C12H12O4S2. The molecule has 1 aromatic heterocycles. The van der Waals surface area contributed by atoms with Crippen molar-refractivity contribution in [2.45, 2.75) is 12.8 Å². The van der Waals surface area contributed by atoms with Crippen LogP contribution >= 0.6 is 23.6 Å². The predicted molar refractivity (Wildman–Crippen MR) is 69.0 cm³/mol. The van der Waals surface area contributed by atoms with E-state index in [1.165, 1.54) is 25.6 Å². The Morgan fingerprint density at radius 2 is 1.78 bits per heavy atom. The lowest BCUT2D eigenvalue weighted by Gasteiger charge is -2.22. The van der Waals surface area contributed by atoms with Gasteiger partial charge in [-0.1, -0.05) is 12.2 Å². The van der Waals surface area contributed by atoms with Crippen molar-refractivity contribution in [3.8, 4) is 0 Å². The molecule has 0 spiro atoms. The Kier molecular flexibility index (Phi) is 3.49. The summed E-state index contributed by atoms with van der Waals surface area (Å²) in [5.74, 6) is -1.11. The van der Waals surface area contributed by atoms with Crippen LogP contribution < -0.4 is 0 Å². The molecule has 1 aliphatic rings. The second-order valence-corrected chi connectivity index (χ2v) is 5.78. The van der Waals surface area contributed by atoms with Gasteiger partial charge in [0, 0.05) is 6.42 Å².